The van der Waals surface area contributed by atoms with Gasteiger partial charge in [0.1, 0.15) is 24.0 Å². The molecule has 0 aliphatic carbocycles. The topological polar surface area (TPSA) is 67.3 Å². The van der Waals surface area contributed by atoms with E-state index in [1.54, 1.807) is 54.6 Å². The van der Waals surface area contributed by atoms with Gasteiger partial charge < -0.3 is 15.0 Å². The second kappa shape index (κ2) is 12.2. The van der Waals surface area contributed by atoms with Gasteiger partial charge in [0.15, 0.2) is 0 Å². The number of carbonyl (C=O) groups is 1. The first kappa shape index (κ1) is 25.9. The quantitative estimate of drug-likeness (QED) is 0.285. The average molecular weight is 503 g/mol. The van der Waals surface area contributed by atoms with Crippen LogP contribution in [0.25, 0.3) is 22.5 Å². The van der Waals surface area contributed by atoms with E-state index >= 15 is 0 Å². The van der Waals surface area contributed by atoms with Crippen LogP contribution in [0.2, 0.25) is 0 Å². The van der Waals surface area contributed by atoms with Gasteiger partial charge in [-0.25, -0.2) is 18.7 Å². The third kappa shape index (κ3) is 6.95. The predicted octanol–water partition coefficient (Wildman–Crippen LogP) is 6.06. The molecule has 8 heteroatoms. The van der Waals surface area contributed by atoms with Gasteiger partial charge in [-0.1, -0.05) is 13.8 Å². The summed E-state index contributed by atoms with van der Waals surface area (Å²) in [5, 5.41) is 2.81. The van der Waals surface area contributed by atoms with Crippen molar-refractivity contribution in [3.63, 3.8) is 0 Å². The Balaban J connectivity index is 1.53. The summed E-state index contributed by atoms with van der Waals surface area (Å²) < 4.78 is 32.7. The zero-order valence-corrected chi connectivity index (χ0v) is 20.7. The van der Waals surface area contributed by atoms with Crippen molar-refractivity contribution in [2.75, 3.05) is 31.6 Å². The number of ether oxygens (including phenoxy) is 1. The fourth-order valence-electron chi connectivity index (χ4n) is 3.74. The summed E-state index contributed by atoms with van der Waals surface area (Å²) in [5.41, 5.74) is 2.67. The normalized spacial score (nSPS) is 10.9. The molecule has 0 aliphatic rings. The number of anilines is 1. The third-order valence-electron chi connectivity index (χ3n) is 5.89. The second-order valence-electron chi connectivity index (χ2n) is 8.33. The first-order valence-corrected chi connectivity index (χ1v) is 12.1. The summed E-state index contributed by atoms with van der Waals surface area (Å²) in [6.45, 7) is 7.58. The SMILES string of the molecule is CCN(CC)CCOc1ccc(NC(=O)c2nc(-c3ccc(F)cc3)cc(-c3ccc(F)cc3)n2)cc1. The van der Waals surface area contributed by atoms with Gasteiger partial charge in [-0.05, 0) is 92.0 Å². The van der Waals surface area contributed by atoms with E-state index in [4.69, 9.17) is 4.74 Å². The second-order valence-corrected chi connectivity index (χ2v) is 8.33. The molecule has 4 rings (SSSR count). The Morgan fingerprint density at radius 3 is 1.81 bits per heavy atom. The molecule has 0 aliphatic heterocycles. The van der Waals surface area contributed by atoms with Crippen LogP contribution in [0.15, 0.2) is 78.9 Å². The molecule has 0 fully saturated rings. The summed E-state index contributed by atoms with van der Waals surface area (Å²) in [4.78, 5) is 24.2. The number of nitrogens with one attached hydrogen (secondary N) is 1. The molecule has 0 spiro atoms. The van der Waals surface area contributed by atoms with E-state index < -0.39 is 5.91 Å². The van der Waals surface area contributed by atoms with E-state index in [0.29, 0.717) is 40.6 Å². The van der Waals surface area contributed by atoms with Crippen molar-refractivity contribution < 1.29 is 18.3 Å². The molecule has 37 heavy (non-hydrogen) atoms. The van der Waals surface area contributed by atoms with Crippen LogP contribution < -0.4 is 10.1 Å². The average Bonchev–Trinajstić information content (AvgIpc) is 2.92. The number of amides is 1. The number of hydrogen-bond donors (Lipinski definition) is 1. The maximum absolute atomic E-state index is 13.5. The fraction of sp³-hybridized carbons (Fsp3) is 0.207. The minimum Gasteiger partial charge on any atom is -0.492 e. The van der Waals surface area contributed by atoms with Gasteiger partial charge in [0.25, 0.3) is 5.91 Å². The minimum atomic E-state index is -0.512. The Bertz CT molecular complexity index is 1260. The zero-order chi connectivity index (χ0) is 26.2. The van der Waals surface area contributed by atoms with Gasteiger partial charge in [-0.3, -0.25) is 4.79 Å². The van der Waals surface area contributed by atoms with Crippen molar-refractivity contribution in [3.05, 3.63) is 96.3 Å². The highest BCUT2D eigenvalue weighted by Crippen LogP contribution is 2.25. The molecule has 3 aromatic carbocycles. The minimum absolute atomic E-state index is 0.0688. The van der Waals surface area contributed by atoms with Crippen LogP contribution in [0.5, 0.6) is 5.75 Å². The monoisotopic (exact) mass is 502 g/mol. The van der Waals surface area contributed by atoms with Crippen LogP contribution >= 0.6 is 0 Å². The zero-order valence-electron chi connectivity index (χ0n) is 20.7. The molecule has 1 aromatic heterocycles. The Kier molecular flexibility index (Phi) is 8.53. The first-order valence-electron chi connectivity index (χ1n) is 12.1. The first-order chi connectivity index (χ1) is 17.9. The summed E-state index contributed by atoms with van der Waals surface area (Å²) in [6, 6.07) is 20.3. The van der Waals surface area contributed by atoms with Crippen molar-refractivity contribution in [2.24, 2.45) is 0 Å². The van der Waals surface area contributed by atoms with Crippen molar-refractivity contribution in [3.8, 4) is 28.3 Å². The predicted molar refractivity (Wildman–Crippen MR) is 140 cm³/mol. The lowest BCUT2D eigenvalue weighted by Gasteiger charge is -2.18. The molecule has 1 amide bonds. The highest BCUT2D eigenvalue weighted by atomic mass is 19.1. The van der Waals surface area contributed by atoms with E-state index in [0.717, 1.165) is 19.6 Å². The van der Waals surface area contributed by atoms with E-state index in [1.165, 1.54) is 24.3 Å². The molecule has 1 heterocycles. The maximum atomic E-state index is 13.5. The van der Waals surface area contributed by atoms with Crippen LogP contribution in [0.1, 0.15) is 24.5 Å². The number of nitrogens with zero attached hydrogens (tertiary/aromatic N) is 3. The number of hydrogen-bond acceptors (Lipinski definition) is 5. The molecular formula is C29H28F2N4O2. The number of carbonyl (C=O) groups excluding carboxylic acids is 1. The standard InChI is InChI=1S/C29H28F2N4O2/c1-3-35(4-2)17-18-37-25-15-13-24(14-16-25)32-29(36)28-33-26(20-5-9-22(30)10-6-20)19-27(34-28)21-7-11-23(31)12-8-21/h5-16,19H,3-4,17-18H2,1-2H3,(H,32,36). The molecule has 6 nitrogen and oxygen atoms in total. The lowest BCUT2D eigenvalue weighted by atomic mass is 10.1. The summed E-state index contributed by atoms with van der Waals surface area (Å²) in [6.07, 6.45) is 0. The molecule has 0 bridgehead atoms. The van der Waals surface area contributed by atoms with Crippen LogP contribution in [0, 0.1) is 11.6 Å². The lowest BCUT2D eigenvalue weighted by Crippen LogP contribution is -2.27. The Hall–Kier alpha value is -4.17. The van der Waals surface area contributed by atoms with E-state index in [-0.39, 0.29) is 17.5 Å². The lowest BCUT2D eigenvalue weighted by molar-refractivity contribution is 0.101. The molecule has 0 unspecified atom stereocenters. The summed E-state index contributed by atoms with van der Waals surface area (Å²) in [5.74, 6) is -0.633. The number of halogens is 2. The Morgan fingerprint density at radius 2 is 1.32 bits per heavy atom. The van der Waals surface area contributed by atoms with Crippen LogP contribution in [0.3, 0.4) is 0 Å². The Labute approximate surface area is 215 Å². The van der Waals surface area contributed by atoms with Crippen molar-refractivity contribution in [1.29, 1.82) is 0 Å². The number of likely N-dealkylation sites (N-methyl/N-ethyl adjacent to an activating group) is 1. The summed E-state index contributed by atoms with van der Waals surface area (Å²) in [7, 11) is 0. The van der Waals surface area contributed by atoms with E-state index in [9.17, 15) is 13.6 Å². The van der Waals surface area contributed by atoms with Crippen LogP contribution in [-0.2, 0) is 0 Å². The van der Waals surface area contributed by atoms with Gasteiger partial charge >= 0.3 is 0 Å². The maximum Gasteiger partial charge on any atom is 0.293 e. The molecular weight excluding hydrogens is 474 g/mol. The number of rotatable bonds is 10. The van der Waals surface area contributed by atoms with Gasteiger partial charge in [-0.15, -0.1) is 0 Å². The van der Waals surface area contributed by atoms with Crippen LogP contribution in [-0.4, -0.2) is 47.0 Å². The molecule has 1 N–H and O–H groups in total. The van der Waals surface area contributed by atoms with E-state index in [2.05, 4.69) is 34.0 Å². The van der Waals surface area contributed by atoms with E-state index in [1.807, 2.05) is 0 Å². The largest absolute Gasteiger partial charge is 0.492 e. The highest BCUT2D eigenvalue weighted by molar-refractivity contribution is 6.02. The number of benzene rings is 3. The van der Waals surface area contributed by atoms with Gasteiger partial charge in [0, 0.05) is 23.4 Å². The van der Waals surface area contributed by atoms with Gasteiger partial charge in [-0.2, -0.15) is 0 Å². The molecule has 4 aromatic rings. The summed E-state index contributed by atoms with van der Waals surface area (Å²) >= 11 is 0. The molecule has 0 saturated carbocycles. The molecule has 0 saturated heterocycles. The molecule has 0 atom stereocenters. The number of aromatic nitrogens is 2. The molecule has 0 radical (unpaired) electrons. The van der Waals surface area contributed by atoms with Crippen LogP contribution in [0.4, 0.5) is 14.5 Å². The molecule has 190 valence electrons. The third-order valence-corrected chi connectivity index (χ3v) is 5.89. The van der Waals surface area contributed by atoms with Crippen molar-refractivity contribution in [1.82, 2.24) is 14.9 Å². The van der Waals surface area contributed by atoms with Gasteiger partial charge in [0.05, 0.1) is 11.4 Å². The highest BCUT2D eigenvalue weighted by Gasteiger charge is 2.15. The van der Waals surface area contributed by atoms with Gasteiger partial charge in [0.2, 0.25) is 5.82 Å². The smallest absolute Gasteiger partial charge is 0.293 e. The Morgan fingerprint density at radius 1 is 0.811 bits per heavy atom. The van der Waals surface area contributed by atoms with Crippen molar-refractivity contribution >= 4 is 11.6 Å². The van der Waals surface area contributed by atoms with Crippen molar-refractivity contribution in [2.45, 2.75) is 13.8 Å². The fourth-order valence-corrected chi connectivity index (χ4v) is 3.74.